The van der Waals surface area contributed by atoms with Gasteiger partial charge in [-0.05, 0) is 43.2 Å². The van der Waals surface area contributed by atoms with Gasteiger partial charge in [-0.1, -0.05) is 18.2 Å². The molecule has 0 radical (unpaired) electrons. The predicted octanol–water partition coefficient (Wildman–Crippen LogP) is 5.18. The van der Waals surface area contributed by atoms with E-state index in [9.17, 15) is 22.8 Å². The number of halogens is 4. The Bertz CT molecular complexity index is 1240. The van der Waals surface area contributed by atoms with Crippen molar-refractivity contribution in [1.82, 2.24) is 4.57 Å². The highest BCUT2D eigenvalue weighted by molar-refractivity contribution is 5.76. The molecule has 0 aliphatic rings. The standard InChI is InChI=1S/C23H18F4N4/c1-13-19(11-30)22(16-5-6-17(9-28)20(8-16)23(25,26)27)14(2)31(13)12-15-3-4-18(10-29)21(24)7-15/h3-8H,10,12,29H2,1-2H3. The molecule has 8 heteroatoms. The molecule has 158 valence electrons. The van der Waals surface area contributed by atoms with Crippen LogP contribution in [-0.2, 0) is 19.3 Å². The van der Waals surface area contributed by atoms with Crippen LogP contribution in [0.4, 0.5) is 17.6 Å². The molecule has 0 unspecified atom stereocenters. The molecule has 0 atom stereocenters. The molecule has 2 N–H and O–H groups in total. The third-order valence-electron chi connectivity index (χ3n) is 5.31. The van der Waals surface area contributed by atoms with Crippen LogP contribution in [0.3, 0.4) is 0 Å². The monoisotopic (exact) mass is 426 g/mol. The van der Waals surface area contributed by atoms with E-state index >= 15 is 0 Å². The molecule has 0 aliphatic carbocycles. The number of benzene rings is 2. The first-order valence-electron chi connectivity index (χ1n) is 9.31. The molecule has 0 aliphatic heterocycles. The average molecular weight is 426 g/mol. The fourth-order valence-electron chi connectivity index (χ4n) is 3.68. The number of alkyl halides is 3. The molecule has 2 aromatic carbocycles. The van der Waals surface area contributed by atoms with Gasteiger partial charge in [-0.3, -0.25) is 0 Å². The lowest BCUT2D eigenvalue weighted by atomic mass is 9.96. The Kier molecular flexibility index (Phi) is 5.88. The van der Waals surface area contributed by atoms with E-state index in [-0.39, 0.29) is 24.2 Å². The van der Waals surface area contributed by atoms with Crippen molar-refractivity contribution in [2.45, 2.75) is 33.1 Å². The molecule has 31 heavy (non-hydrogen) atoms. The summed E-state index contributed by atoms with van der Waals surface area (Å²) >= 11 is 0. The first-order valence-corrected chi connectivity index (χ1v) is 9.31. The second-order valence-electron chi connectivity index (χ2n) is 7.12. The van der Waals surface area contributed by atoms with E-state index in [2.05, 4.69) is 6.07 Å². The van der Waals surface area contributed by atoms with E-state index in [1.54, 1.807) is 36.6 Å². The van der Waals surface area contributed by atoms with Crippen LogP contribution in [0.2, 0.25) is 0 Å². The van der Waals surface area contributed by atoms with Crippen molar-refractivity contribution in [3.05, 3.63) is 81.4 Å². The third kappa shape index (κ3) is 4.03. The number of nitrogens with zero attached hydrogens (tertiary/aromatic N) is 3. The number of hydrogen-bond donors (Lipinski definition) is 1. The molecule has 0 saturated carbocycles. The van der Waals surface area contributed by atoms with Crippen LogP contribution in [0.1, 0.15) is 39.2 Å². The van der Waals surface area contributed by atoms with Gasteiger partial charge in [0.1, 0.15) is 11.9 Å². The van der Waals surface area contributed by atoms with Gasteiger partial charge in [0, 0.05) is 35.6 Å². The maximum atomic E-state index is 14.1. The molecule has 3 rings (SSSR count). The lowest BCUT2D eigenvalue weighted by Gasteiger charge is -2.13. The van der Waals surface area contributed by atoms with Crippen LogP contribution >= 0.6 is 0 Å². The molecule has 0 saturated heterocycles. The molecule has 0 amide bonds. The maximum Gasteiger partial charge on any atom is 0.417 e. The van der Waals surface area contributed by atoms with Crippen molar-refractivity contribution < 1.29 is 17.6 Å². The third-order valence-corrected chi connectivity index (χ3v) is 5.31. The summed E-state index contributed by atoms with van der Waals surface area (Å²) < 4.78 is 56.1. The van der Waals surface area contributed by atoms with Crippen molar-refractivity contribution >= 4 is 0 Å². The van der Waals surface area contributed by atoms with Crippen LogP contribution in [0.5, 0.6) is 0 Å². The number of rotatable bonds is 4. The van der Waals surface area contributed by atoms with Crippen molar-refractivity contribution in [3.63, 3.8) is 0 Å². The van der Waals surface area contributed by atoms with Gasteiger partial charge >= 0.3 is 6.18 Å². The van der Waals surface area contributed by atoms with Crippen molar-refractivity contribution in [3.8, 4) is 23.3 Å². The van der Waals surface area contributed by atoms with Crippen molar-refractivity contribution in [2.75, 3.05) is 0 Å². The number of hydrogen-bond acceptors (Lipinski definition) is 3. The van der Waals surface area contributed by atoms with E-state index in [0.717, 1.165) is 12.1 Å². The van der Waals surface area contributed by atoms with Gasteiger partial charge in [0.25, 0.3) is 0 Å². The molecule has 0 spiro atoms. The summed E-state index contributed by atoms with van der Waals surface area (Å²) in [5, 5.41) is 18.7. The fourth-order valence-corrected chi connectivity index (χ4v) is 3.68. The molecular weight excluding hydrogens is 408 g/mol. The van der Waals surface area contributed by atoms with Gasteiger partial charge in [-0.15, -0.1) is 0 Å². The van der Waals surface area contributed by atoms with Crippen LogP contribution < -0.4 is 5.73 Å². The first-order chi connectivity index (χ1) is 14.6. The average Bonchev–Trinajstić information content (AvgIpc) is 2.96. The molecule has 1 aromatic heterocycles. The minimum absolute atomic E-state index is 0.0661. The zero-order chi connectivity index (χ0) is 22.9. The van der Waals surface area contributed by atoms with Gasteiger partial charge in [0.05, 0.1) is 22.8 Å². The van der Waals surface area contributed by atoms with Gasteiger partial charge in [-0.2, -0.15) is 23.7 Å². The number of nitrogens with two attached hydrogens (primary N) is 1. The molecule has 3 aromatic rings. The Hall–Kier alpha value is -3.62. The van der Waals surface area contributed by atoms with Gasteiger partial charge in [0.2, 0.25) is 0 Å². The van der Waals surface area contributed by atoms with Gasteiger partial charge in [-0.25, -0.2) is 4.39 Å². The summed E-state index contributed by atoms with van der Waals surface area (Å²) in [7, 11) is 0. The first kappa shape index (κ1) is 22.1. The summed E-state index contributed by atoms with van der Waals surface area (Å²) in [6, 6.07) is 11.7. The van der Waals surface area contributed by atoms with Gasteiger partial charge in [0.15, 0.2) is 0 Å². The molecule has 0 bridgehead atoms. The second-order valence-corrected chi connectivity index (χ2v) is 7.12. The van der Waals surface area contributed by atoms with E-state index in [1.807, 2.05) is 0 Å². The fraction of sp³-hybridized carbons (Fsp3) is 0.217. The quantitative estimate of drug-likeness (QED) is 0.584. The summed E-state index contributed by atoms with van der Waals surface area (Å²) in [5.74, 6) is -0.440. The Labute approximate surface area is 176 Å². The molecule has 4 nitrogen and oxygen atoms in total. The zero-order valence-electron chi connectivity index (χ0n) is 16.8. The highest BCUT2D eigenvalue weighted by Gasteiger charge is 2.34. The predicted molar refractivity (Wildman–Crippen MR) is 107 cm³/mol. The number of aromatic nitrogens is 1. The Morgan fingerprint density at radius 1 is 1.00 bits per heavy atom. The topological polar surface area (TPSA) is 78.5 Å². The second kappa shape index (κ2) is 8.25. The summed E-state index contributed by atoms with van der Waals surface area (Å²) in [6.07, 6.45) is -4.71. The van der Waals surface area contributed by atoms with E-state index in [1.165, 1.54) is 12.1 Å². The largest absolute Gasteiger partial charge is 0.417 e. The van der Waals surface area contributed by atoms with E-state index in [0.29, 0.717) is 28.1 Å². The van der Waals surface area contributed by atoms with E-state index in [4.69, 9.17) is 11.0 Å². The van der Waals surface area contributed by atoms with Gasteiger partial charge < -0.3 is 10.3 Å². The normalized spacial score (nSPS) is 11.3. The smallest absolute Gasteiger partial charge is 0.343 e. The SMILES string of the molecule is Cc1c(C#N)c(-c2ccc(C#N)c(C(F)(F)F)c2)c(C)n1Cc1ccc(CN)c(F)c1. The van der Waals surface area contributed by atoms with Crippen molar-refractivity contribution in [1.29, 1.82) is 10.5 Å². The minimum atomic E-state index is -4.71. The van der Waals surface area contributed by atoms with Crippen LogP contribution in [0, 0.1) is 42.3 Å². The Balaban J connectivity index is 2.15. The Morgan fingerprint density at radius 2 is 1.71 bits per heavy atom. The lowest BCUT2D eigenvalue weighted by Crippen LogP contribution is -2.08. The highest BCUT2D eigenvalue weighted by Crippen LogP contribution is 2.38. The van der Waals surface area contributed by atoms with Crippen LogP contribution in [0.15, 0.2) is 36.4 Å². The van der Waals surface area contributed by atoms with Crippen LogP contribution in [-0.4, -0.2) is 4.57 Å². The summed E-state index contributed by atoms with van der Waals surface area (Å²) in [6.45, 7) is 3.68. The minimum Gasteiger partial charge on any atom is -0.343 e. The molecular formula is C23H18F4N4. The summed E-state index contributed by atoms with van der Waals surface area (Å²) in [5.41, 5.74) is 6.84. The number of nitriles is 2. The Morgan fingerprint density at radius 3 is 2.26 bits per heavy atom. The maximum absolute atomic E-state index is 14.1. The molecule has 0 fully saturated rings. The van der Waals surface area contributed by atoms with Crippen molar-refractivity contribution in [2.24, 2.45) is 5.73 Å². The lowest BCUT2D eigenvalue weighted by molar-refractivity contribution is -0.137. The van der Waals surface area contributed by atoms with E-state index < -0.39 is 23.1 Å². The highest BCUT2D eigenvalue weighted by atomic mass is 19.4. The summed E-state index contributed by atoms with van der Waals surface area (Å²) in [4.78, 5) is 0. The van der Waals surface area contributed by atoms with Crippen LogP contribution in [0.25, 0.3) is 11.1 Å². The zero-order valence-corrected chi connectivity index (χ0v) is 16.8. The molecule has 1 heterocycles.